The molecule has 0 aliphatic carbocycles. The number of likely N-dealkylation sites (N-methyl/N-ethyl adjacent to an activating group) is 1. The minimum atomic E-state index is 0. The molecule has 6 nitrogen and oxygen atoms in total. The summed E-state index contributed by atoms with van der Waals surface area (Å²) in [5, 5.41) is 3.24. The van der Waals surface area contributed by atoms with Crippen molar-refractivity contribution in [2.45, 2.75) is 32.4 Å². The number of halogens is 2. The predicted molar refractivity (Wildman–Crippen MR) is 116 cm³/mol. The van der Waals surface area contributed by atoms with Gasteiger partial charge in [0, 0.05) is 17.1 Å². The normalized spacial score (nSPS) is 17.9. The second-order valence-electron chi connectivity index (χ2n) is 5.81. The van der Waals surface area contributed by atoms with Crippen molar-refractivity contribution in [3.8, 4) is 11.5 Å². The lowest BCUT2D eigenvalue weighted by atomic mass is 10.2. The first-order chi connectivity index (χ1) is 11.6. The van der Waals surface area contributed by atoms with Crippen LogP contribution in [0.3, 0.4) is 0 Å². The second-order valence-corrected chi connectivity index (χ2v) is 6.66. The van der Waals surface area contributed by atoms with Gasteiger partial charge in [-0.15, -0.1) is 24.0 Å². The molecule has 0 saturated carbocycles. The summed E-state index contributed by atoms with van der Waals surface area (Å²) in [4.78, 5) is 6.91. The van der Waals surface area contributed by atoms with Crippen LogP contribution in [0.1, 0.15) is 25.3 Å². The maximum atomic E-state index is 6.01. The van der Waals surface area contributed by atoms with Crippen LogP contribution in [0.15, 0.2) is 21.6 Å². The molecule has 8 heteroatoms. The van der Waals surface area contributed by atoms with Gasteiger partial charge in [0.2, 0.25) is 0 Å². The van der Waals surface area contributed by atoms with Crippen molar-refractivity contribution < 1.29 is 9.47 Å². The molecule has 0 radical (unpaired) electrons. The first kappa shape index (κ1) is 22.3. The van der Waals surface area contributed by atoms with Crippen LogP contribution in [0.4, 0.5) is 0 Å². The number of methoxy groups -OCH3 is 2. The molecule has 1 fully saturated rings. The molecule has 1 unspecified atom stereocenters. The van der Waals surface area contributed by atoms with E-state index in [1.165, 1.54) is 19.4 Å². The van der Waals surface area contributed by atoms with Gasteiger partial charge in [-0.1, -0.05) is 22.9 Å². The third kappa shape index (κ3) is 6.18. The van der Waals surface area contributed by atoms with E-state index < -0.39 is 0 Å². The number of hydrogen-bond acceptors (Lipinski definition) is 4. The van der Waals surface area contributed by atoms with Gasteiger partial charge in [0.1, 0.15) is 0 Å². The third-order valence-electron chi connectivity index (χ3n) is 4.40. The van der Waals surface area contributed by atoms with Crippen LogP contribution in [0.5, 0.6) is 11.5 Å². The molecule has 1 aromatic rings. The van der Waals surface area contributed by atoms with E-state index in [2.05, 4.69) is 38.1 Å². The van der Waals surface area contributed by atoms with Crippen LogP contribution >= 0.6 is 39.9 Å². The molecular formula is C17H28BrIN4O2. The molecule has 3 N–H and O–H groups in total. The van der Waals surface area contributed by atoms with E-state index in [4.69, 9.17) is 15.2 Å². The summed E-state index contributed by atoms with van der Waals surface area (Å²) in [5.41, 5.74) is 7.01. The van der Waals surface area contributed by atoms with Crippen molar-refractivity contribution >= 4 is 45.9 Å². The summed E-state index contributed by atoms with van der Waals surface area (Å²) in [6, 6.07) is 4.34. The summed E-state index contributed by atoms with van der Waals surface area (Å²) in [6.45, 7) is 5.78. The Kier molecular flexibility index (Phi) is 9.88. The Labute approximate surface area is 175 Å². The highest BCUT2D eigenvalue weighted by Crippen LogP contribution is 2.33. The molecule has 0 bridgehead atoms. The lowest BCUT2D eigenvalue weighted by Crippen LogP contribution is -2.42. The Balaban J connectivity index is 0.00000312. The Hall–Kier alpha value is -0.740. The fraction of sp³-hybridized carbons (Fsp3) is 0.588. The zero-order chi connectivity index (χ0) is 17.5. The van der Waals surface area contributed by atoms with Crippen LogP contribution in [0, 0.1) is 0 Å². The van der Waals surface area contributed by atoms with E-state index >= 15 is 0 Å². The molecule has 25 heavy (non-hydrogen) atoms. The summed E-state index contributed by atoms with van der Waals surface area (Å²) in [7, 11) is 3.24. The standard InChI is InChI=1S/C17H27BrN4O2.HI/c1-4-22-7-5-6-13(22)11-21-17(19)20-10-12-8-15(23-2)16(24-3)9-14(12)18;/h8-9,13H,4-7,10-11H2,1-3H3,(H3,19,20,21);1H. The molecular weight excluding hydrogens is 499 g/mol. The number of guanidine groups is 1. The largest absolute Gasteiger partial charge is 0.493 e. The zero-order valence-electron chi connectivity index (χ0n) is 15.0. The Bertz CT molecular complexity index is 586. The number of benzene rings is 1. The molecule has 1 saturated heterocycles. The SMILES string of the molecule is CCN1CCCC1CNC(N)=NCc1cc(OC)c(OC)cc1Br.I. The smallest absolute Gasteiger partial charge is 0.188 e. The number of rotatable bonds is 7. The van der Waals surface area contributed by atoms with E-state index in [0.717, 1.165) is 23.1 Å². The highest BCUT2D eigenvalue weighted by Gasteiger charge is 2.22. The molecule has 1 aliphatic rings. The maximum Gasteiger partial charge on any atom is 0.188 e. The predicted octanol–water partition coefficient (Wildman–Crippen LogP) is 2.97. The number of nitrogens with one attached hydrogen (secondary N) is 1. The highest BCUT2D eigenvalue weighted by molar-refractivity contribution is 14.0. The Morgan fingerprint density at radius 1 is 1.36 bits per heavy atom. The van der Waals surface area contributed by atoms with Crippen molar-refractivity contribution in [2.24, 2.45) is 10.7 Å². The number of likely N-dealkylation sites (tertiary alicyclic amines) is 1. The molecule has 1 aromatic carbocycles. The van der Waals surface area contributed by atoms with Crippen LogP contribution in [0.2, 0.25) is 0 Å². The molecule has 1 aliphatic heterocycles. The van der Waals surface area contributed by atoms with Crippen LogP contribution in [-0.2, 0) is 6.54 Å². The van der Waals surface area contributed by atoms with Gasteiger partial charge in [-0.3, -0.25) is 4.90 Å². The summed E-state index contributed by atoms with van der Waals surface area (Å²) < 4.78 is 11.5. The molecule has 2 rings (SSSR count). The van der Waals surface area contributed by atoms with E-state index in [9.17, 15) is 0 Å². The van der Waals surface area contributed by atoms with Gasteiger partial charge in [0.25, 0.3) is 0 Å². The molecule has 0 amide bonds. The first-order valence-electron chi connectivity index (χ1n) is 8.27. The van der Waals surface area contributed by atoms with Gasteiger partial charge >= 0.3 is 0 Å². The van der Waals surface area contributed by atoms with Crippen LogP contribution < -0.4 is 20.5 Å². The molecule has 1 heterocycles. The quantitative estimate of drug-likeness (QED) is 0.324. The number of ether oxygens (including phenoxy) is 2. The molecule has 0 aromatic heterocycles. The first-order valence-corrected chi connectivity index (χ1v) is 9.06. The number of nitrogens with two attached hydrogens (primary N) is 1. The van der Waals surface area contributed by atoms with Crippen molar-refractivity contribution in [3.05, 3.63) is 22.2 Å². The Morgan fingerprint density at radius 3 is 2.68 bits per heavy atom. The van der Waals surface area contributed by atoms with Crippen LogP contribution in [0.25, 0.3) is 0 Å². The van der Waals surface area contributed by atoms with Gasteiger partial charge in [-0.05, 0) is 43.6 Å². The number of hydrogen-bond donors (Lipinski definition) is 2. The fourth-order valence-electron chi connectivity index (χ4n) is 3.01. The third-order valence-corrected chi connectivity index (χ3v) is 5.13. The van der Waals surface area contributed by atoms with E-state index in [0.29, 0.717) is 30.0 Å². The van der Waals surface area contributed by atoms with Crippen molar-refractivity contribution in [1.82, 2.24) is 10.2 Å². The van der Waals surface area contributed by atoms with Gasteiger partial charge in [0.05, 0.1) is 20.8 Å². The lowest BCUT2D eigenvalue weighted by Gasteiger charge is -2.23. The average Bonchev–Trinajstić information content (AvgIpc) is 3.06. The molecule has 0 spiro atoms. The van der Waals surface area contributed by atoms with Gasteiger partial charge in [0.15, 0.2) is 17.5 Å². The maximum absolute atomic E-state index is 6.01. The lowest BCUT2D eigenvalue weighted by molar-refractivity contribution is 0.267. The molecule has 142 valence electrons. The Morgan fingerprint density at radius 2 is 2.04 bits per heavy atom. The zero-order valence-corrected chi connectivity index (χ0v) is 19.0. The van der Waals surface area contributed by atoms with Gasteiger partial charge in [-0.25, -0.2) is 4.99 Å². The number of aliphatic imine (C=N–C) groups is 1. The van der Waals surface area contributed by atoms with Gasteiger partial charge < -0.3 is 20.5 Å². The molecule has 1 atom stereocenters. The van der Waals surface area contributed by atoms with Crippen molar-refractivity contribution in [1.29, 1.82) is 0 Å². The summed E-state index contributed by atoms with van der Waals surface area (Å²) in [5.74, 6) is 1.84. The average molecular weight is 527 g/mol. The van der Waals surface area contributed by atoms with Gasteiger partial charge in [-0.2, -0.15) is 0 Å². The summed E-state index contributed by atoms with van der Waals surface area (Å²) in [6.07, 6.45) is 2.48. The number of nitrogens with zero attached hydrogens (tertiary/aromatic N) is 2. The topological polar surface area (TPSA) is 72.1 Å². The minimum Gasteiger partial charge on any atom is -0.493 e. The van der Waals surface area contributed by atoms with E-state index in [1.54, 1.807) is 14.2 Å². The second kappa shape index (κ2) is 11.1. The van der Waals surface area contributed by atoms with Crippen molar-refractivity contribution in [3.63, 3.8) is 0 Å². The fourth-order valence-corrected chi connectivity index (χ4v) is 3.46. The van der Waals surface area contributed by atoms with Crippen molar-refractivity contribution in [2.75, 3.05) is 33.9 Å². The highest BCUT2D eigenvalue weighted by atomic mass is 127. The minimum absolute atomic E-state index is 0. The van der Waals surface area contributed by atoms with Crippen LogP contribution in [-0.4, -0.2) is 50.8 Å². The summed E-state index contributed by atoms with van der Waals surface area (Å²) >= 11 is 3.54. The van der Waals surface area contributed by atoms with E-state index in [1.807, 2.05) is 12.1 Å². The monoisotopic (exact) mass is 526 g/mol. The van der Waals surface area contributed by atoms with E-state index in [-0.39, 0.29) is 24.0 Å².